The van der Waals surface area contributed by atoms with Crippen molar-refractivity contribution in [3.63, 3.8) is 0 Å². The molecule has 0 aromatic heterocycles. The maximum Gasteiger partial charge on any atom is 0.0575 e. The Hall–Kier alpha value is -0.780. The summed E-state index contributed by atoms with van der Waals surface area (Å²) < 4.78 is 0. The Morgan fingerprint density at radius 3 is 3.06 bits per heavy atom. The molecular formula is C15H25NO. The van der Waals surface area contributed by atoms with E-state index in [2.05, 4.69) is 24.2 Å². The van der Waals surface area contributed by atoms with Gasteiger partial charge in [0.1, 0.15) is 0 Å². The van der Waals surface area contributed by atoms with Crippen molar-refractivity contribution in [1.29, 1.82) is 0 Å². The zero-order valence-electron chi connectivity index (χ0n) is 10.9. The van der Waals surface area contributed by atoms with Gasteiger partial charge in [-0.2, -0.15) is 0 Å². The molecule has 0 heterocycles. The molecule has 2 heteroatoms. The van der Waals surface area contributed by atoms with Gasteiger partial charge >= 0.3 is 0 Å². The van der Waals surface area contributed by atoms with Crippen molar-refractivity contribution in [2.75, 3.05) is 13.2 Å². The van der Waals surface area contributed by atoms with Crippen LogP contribution in [0, 0.1) is 18.3 Å². The third-order valence-corrected chi connectivity index (χ3v) is 3.51. The minimum absolute atomic E-state index is 0.313. The molecule has 0 aromatic rings. The molecule has 2 unspecified atom stereocenters. The van der Waals surface area contributed by atoms with E-state index < -0.39 is 0 Å². The molecule has 0 saturated heterocycles. The summed E-state index contributed by atoms with van der Waals surface area (Å²) >= 11 is 0. The maximum atomic E-state index is 8.80. The first kappa shape index (κ1) is 14.3. The van der Waals surface area contributed by atoms with Gasteiger partial charge in [-0.3, -0.25) is 0 Å². The van der Waals surface area contributed by atoms with E-state index in [0.717, 1.165) is 18.8 Å². The summed E-state index contributed by atoms with van der Waals surface area (Å²) in [7, 11) is 0. The van der Waals surface area contributed by atoms with Crippen LogP contribution in [-0.4, -0.2) is 24.3 Å². The lowest BCUT2D eigenvalue weighted by molar-refractivity contribution is 0.286. The van der Waals surface area contributed by atoms with E-state index in [0.29, 0.717) is 19.2 Å². The van der Waals surface area contributed by atoms with Crippen molar-refractivity contribution in [3.8, 4) is 12.3 Å². The third-order valence-electron chi connectivity index (χ3n) is 3.51. The lowest BCUT2D eigenvalue weighted by atomic mass is 9.84. The zero-order chi connectivity index (χ0) is 12.5. The van der Waals surface area contributed by atoms with Crippen LogP contribution in [0.3, 0.4) is 0 Å². The molecule has 0 amide bonds. The molecule has 0 aliphatic heterocycles. The first-order chi connectivity index (χ1) is 8.26. The van der Waals surface area contributed by atoms with Gasteiger partial charge < -0.3 is 10.4 Å². The van der Waals surface area contributed by atoms with Gasteiger partial charge in [-0.1, -0.05) is 17.6 Å². The van der Waals surface area contributed by atoms with E-state index in [9.17, 15) is 0 Å². The van der Waals surface area contributed by atoms with E-state index in [4.69, 9.17) is 11.5 Å². The lowest BCUT2D eigenvalue weighted by Gasteiger charge is -2.24. The number of aliphatic hydroxyl groups is 1. The van der Waals surface area contributed by atoms with Crippen LogP contribution in [0.2, 0.25) is 0 Å². The van der Waals surface area contributed by atoms with Gasteiger partial charge in [-0.15, -0.1) is 6.42 Å². The van der Waals surface area contributed by atoms with E-state index in [1.165, 1.54) is 25.7 Å². The lowest BCUT2D eigenvalue weighted by Crippen LogP contribution is -2.29. The minimum atomic E-state index is 0.313. The molecule has 0 fully saturated rings. The zero-order valence-corrected chi connectivity index (χ0v) is 10.9. The highest BCUT2D eigenvalue weighted by atomic mass is 16.2. The normalized spacial score (nSPS) is 21.7. The number of terminal acetylenes is 1. The summed E-state index contributed by atoms with van der Waals surface area (Å²) in [4.78, 5) is 0. The molecule has 0 aromatic carbocycles. The predicted molar refractivity (Wildman–Crippen MR) is 72.7 cm³/mol. The number of rotatable bonds is 7. The number of nitrogens with one attached hydrogen (secondary N) is 1. The van der Waals surface area contributed by atoms with Gasteiger partial charge in [0.05, 0.1) is 6.54 Å². The van der Waals surface area contributed by atoms with Gasteiger partial charge in [-0.25, -0.2) is 0 Å². The fraction of sp³-hybridized carbons (Fsp3) is 0.733. The van der Waals surface area contributed by atoms with Gasteiger partial charge in [0.2, 0.25) is 0 Å². The van der Waals surface area contributed by atoms with Gasteiger partial charge in [-0.05, 0) is 51.4 Å². The van der Waals surface area contributed by atoms with E-state index >= 15 is 0 Å². The van der Waals surface area contributed by atoms with Gasteiger partial charge in [0.25, 0.3) is 0 Å². The summed E-state index contributed by atoms with van der Waals surface area (Å²) in [6, 6.07) is 0.517. The molecule has 0 bridgehead atoms. The smallest absolute Gasteiger partial charge is 0.0575 e. The fourth-order valence-corrected chi connectivity index (χ4v) is 2.51. The van der Waals surface area contributed by atoms with Crippen molar-refractivity contribution >= 4 is 0 Å². The largest absolute Gasteiger partial charge is 0.396 e. The topological polar surface area (TPSA) is 32.3 Å². The van der Waals surface area contributed by atoms with Crippen molar-refractivity contribution in [2.24, 2.45) is 5.92 Å². The average Bonchev–Trinajstić information content (AvgIpc) is 2.35. The first-order valence-corrected chi connectivity index (χ1v) is 6.72. The number of aliphatic hydroxyl groups excluding tert-OH is 1. The predicted octanol–water partition coefficient (Wildman–Crippen LogP) is 2.49. The SMILES string of the molecule is C#CCNC(C)CC1CC=C(CCCO)CC1. The average molecular weight is 235 g/mol. The molecule has 0 saturated carbocycles. The second kappa shape index (κ2) is 8.33. The molecule has 1 aliphatic rings. The van der Waals surface area contributed by atoms with Crippen LogP contribution in [0.5, 0.6) is 0 Å². The number of hydrogen-bond donors (Lipinski definition) is 2. The van der Waals surface area contributed by atoms with Crippen molar-refractivity contribution < 1.29 is 5.11 Å². The van der Waals surface area contributed by atoms with E-state index in [1.54, 1.807) is 5.57 Å². The quantitative estimate of drug-likeness (QED) is 0.525. The van der Waals surface area contributed by atoms with Crippen LogP contribution in [0.15, 0.2) is 11.6 Å². The molecule has 17 heavy (non-hydrogen) atoms. The van der Waals surface area contributed by atoms with E-state index in [-0.39, 0.29) is 0 Å². The standard InChI is InChI=1S/C15H25NO/c1-3-10-16-13(2)12-15-8-6-14(7-9-15)5-4-11-17/h1,6,13,15-17H,4-5,7-12H2,2H3. The molecule has 2 nitrogen and oxygen atoms in total. The molecular weight excluding hydrogens is 210 g/mol. The molecule has 96 valence electrons. The Labute approximate surface area is 105 Å². The number of hydrogen-bond acceptors (Lipinski definition) is 2. The van der Waals surface area contributed by atoms with Crippen LogP contribution in [0.25, 0.3) is 0 Å². The van der Waals surface area contributed by atoms with Crippen LogP contribution >= 0.6 is 0 Å². The molecule has 0 spiro atoms. The molecule has 2 atom stereocenters. The third kappa shape index (κ3) is 5.91. The Bertz CT molecular complexity index is 277. The number of allylic oxidation sites excluding steroid dienone is 2. The molecule has 1 aliphatic carbocycles. The maximum absolute atomic E-state index is 8.80. The van der Waals surface area contributed by atoms with Crippen molar-refractivity contribution in [1.82, 2.24) is 5.32 Å². The van der Waals surface area contributed by atoms with Crippen molar-refractivity contribution in [3.05, 3.63) is 11.6 Å². The monoisotopic (exact) mass is 235 g/mol. The molecule has 1 rings (SSSR count). The fourth-order valence-electron chi connectivity index (χ4n) is 2.51. The first-order valence-electron chi connectivity index (χ1n) is 6.72. The van der Waals surface area contributed by atoms with Crippen LogP contribution in [0.1, 0.15) is 45.4 Å². The van der Waals surface area contributed by atoms with Crippen LogP contribution < -0.4 is 5.32 Å². The summed E-state index contributed by atoms with van der Waals surface area (Å²) in [5.74, 6) is 3.42. The van der Waals surface area contributed by atoms with Crippen LogP contribution in [0.4, 0.5) is 0 Å². The second-order valence-electron chi connectivity index (χ2n) is 5.05. The highest BCUT2D eigenvalue weighted by Crippen LogP contribution is 2.28. The minimum Gasteiger partial charge on any atom is -0.396 e. The summed E-state index contributed by atoms with van der Waals surface area (Å²) in [6.07, 6.45) is 14.5. The second-order valence-corrected chi connectivity index (χ2v) is 5.05. The van der Waals surface area contributed by atoms with E-state index in [1.807, 2.05) is 0 Å². The highest BCUT2D eigenvalue weighted by molar-refractivity contribution is 5.06. The highest BCUT2D eigenvalue weighted by Gasteiger charge is 2.16. The summed E-state index contributed by atoms with van der Waals surface area (Å²) in [5.41, 5.74) is 1.54. The summed E-state index contributed by atoms with van der Waals surface area (Å²) in [6.45, 7) is 3.20. The Balaban J connectivity index is 2.22. The van der Waals surface area contributed by atoms with Gasteiger partial charge in [0, 0.05) is 12.6 Å². The Morgan fingerprint density at radius 2 is 2.47 bits per heavy atom. The molecule has 0 radical (unpaired) electrons. The van der Waals surface area contributed by atoms with Crippen LogP contribution in [-0.2, 0) is 0 Å². The van der Waals surface area contributed by atoms with Gasteiger partial charge in [0.15, 0.2) is 0 Å². The van der Waals surface area contributed by atoms with Crippen molar-refractivity contribution in [2.45, 2.75) is 51.5 Å². The molecule has 2 N–H and O–H groups in total. The summed E-state index contributed by atoms with van der Waals surface area (Å²) in [5, 5.41) is 12.1. The Kier molecular flexibility index (Phi) is 7.00. The Morgan fingerprint density at radius 1 is 1.65 bits per heavy atom.